The summed E-state index contributed by atoms with van der Waals surface area (Å²) in [5.74, 6) is 0. The summed E-state index contributed by atoms with van der Waals surface area (Å²) in [6.45, 7) is 7.40. The van der Waals surface area contributed by atoms with Crippen LogP contribution in [0.5, 0.6) is 0 Å². The summed E-state index contributed by atoms with van der Waals surface area (Å²) < 4.78 is 1.05. The van der Waals surface area contributed by atoms with Crippen LogP contribution in [0.2, 0.25) is 0 Å². The van der Waals surface area contributed by atoms with Crippen molar-refractivity contribution in [1.29, 1.82) is 0 Å². The van der Waals surface area contributed by atoms with Gasteiger partial charge in [-0.3, -0.25) is 0 Å². The quantitative estimate of drug-likeness (QED) is 0.605. The molecule has 0 amide bonds. The average molecular weight is 455 g/mol. The highest BCUT2D eigenvalue weighted by atomic mass is 79.9. The number of rotatable bonds is 4. The summed E-state index contributed by atoms with van der Waals surface area (Å²) >= 11 is 3.65. The molecule has 0 spiro atoms. The van der Waals surface area contributed by atoms with Gasteiger partial charge in [0, 0.05) is 15.6 Å². The molecule has 130 valence electrons. The predicted octanol–water partition coefficient (Wildman–Crippen LogP) is 5.41. The second kappa shape index (κ2) is 7.28. The van der Waals surface area contributed by atoms with Crippen LogP contribution in [0.1, 0.15) is 44.7 Å². The highest BCUT2D eigenvalue weighted by Gasteiger charge is 2.41. The minimum absolute atomic E-state index is 0. The third kappa shape index (κ3) is 3.62. The summed E-state index contributed by atoms with van der Waals surface area (Å²) in [5, 5.41) is 15.0. The molecular weight excluding hydrogens is 430 g/mol. The number of aliphatic hydroxyl groups is 1. The first-order chi connectivity index (χ1) is 10.8. The van der Waals surface area contributed by atoms with E-state index >= 15 is 0 Å². The van der Waals surface area contributed by atoms with Crippen molar-refractivity contribution in [3.8, 4) is 11.1 Å². The first kappa shape index (κ1) is 19.6. The Hall–Kier alpha value is -0.680. The third-order valence-electron chi connectivity index (χ3n) is 4.47. The Labute approximate surface area is 163 Å². The SMILES string of the molecule is Br.CC(C)(C)NCCCC1(O)c2ccccc2-c2c(Br)cccc21. The molecule has 2 nitrogen and oxygen atoms in total. The number of halogens is 2. The van der Waals surface area contributed by atoms with E-state index in [1.165, 1.54) is 0 Å². The molecule has 0 saturated carbocycles. The Morgan fingerprint density at radius 3 is 2.42 bits per heavy atom. The van der Waals surface area contributed by atoms with Crippen LogP contribution in [-0.2, 0) is 5.60 Å². The molecule has 2 aromatic carbocycles. The van der Waals surface area contributed by atoms with Gasteiger partial charge in [0.2, 0.25) is 0 Å². The fourth-order valence-electron chi connectivity index (χ4n) is 3.43. The molecular formula is C20H25Br2NO. The smallest absolute Gasteiger partial charge is 0.116 e. The summed E-state index contributed by atoms with van der Waals surface area (Å²) in [5.41, 5.74) is 3.53. The van der Waals surface area contributed by atoms with Gasteiger partial charge < -0.3 is 10.4 Å². The standard InChI is InChI=1S/C20H24BrNO.BrH/c1-19(2,3)22-13-7-12-20(23)15-9-5-4-8-14(15)18-16(20)10-6-11-17(18)21;/h4-6,8-11,22-23H,7,12-13H2,1-3H3;1H. The van der Waals surface area contributed by atoms with Crippen molar-refractivity contribution >= 4 is 32.9 Å². The van der Waals surface area contributed by atoms with Crippen LogP contribution in [0.15, 0.2) is 46.9 Å². The lowest BCUT2D eigenvalue weighted by Gasteiger charge is -2.27. The van der Waals surface area contributed by atoms with Gasteiger partial charge in [-0.05, 0) is 62.9 Å². The average Bonchev–Trinajstić information content (AvgIpc) is 2.75. The van der Waals surface area contributed by atoms with E-state index in [0.717, 1.165) is 46.1 Å². The monoisotopic (exact) mass is 453 g/mol. The molecule has 0 heterocycles. The van der Waals surface area contributed by atoms with Crippen LogP contribution in [0.4, 0.5) is 0 Å². The minimum Gasteiger partial charge on any atom is -0.380 e. The van der Waals surface area contributed by atoms with Gasteiger partial charge in [-0.2, -0.15) is 0 Å². The molecule has 24 heavy (non-hydrogen) atoms. The zero-order valence-corrected chi connectivity index (χ0v) is 17.7. The van der Waals surface area contributed by atoms with Crippen LogP contribution in [0.3, 0.4) is 0 Å². The van der Waals surface area contributed by atoms with E-state index in [1.807, 2.05) is 24.3 Å². The summed E-state index contributed by atoms with van der Waals surface area (Å²) in [6.07, 6.45) is 1.64. The Morgan fingerprint density at radius 1 is 1.04 bits per heavy atom. The zero-order chi connectivity index (χ0) is 16.7. The zero-order valence-electron chi connectivity index (χ0n) is 14.4. The lowest BCUT2D eigenvalue weighted by atomic mass is 9.87. The number of fused-ring (bicyclic) bond motifs is 3. The highest BCUT2D eigenvalue weighted by molar-refractivity contribution is 9.10. The lowest BCUT2D eigenvalue weighted by molar-refractivity contribution is 0.0729. The van der Waals surface area contributed by atoms with Crippen molar-refractivity contribution in [3.63, 3.8) is 0 Å². The van der Waals surface area contributed by atoms with Gasteiger partial charge in [0.25, 0.3) is 0 Å². The Balaban J connectivity index is 0.00000208. The fourth-order valence-corrected chi connectivity index (χ4v) is 4.01. The molecule has 1 atom stereocenters. The highest BCUT2D eigenvalue weighted by Crippen LogP contribution is 2.51. The first-order valence-electron chi connectivity index (χ1n) is 8.19. The normalized spacial score (nSPS) is 18.7. The summed E-state index contributed by atoms with van der Waals surface area (Å²) in [7, 11) is 0. The van der Waals surface area contributed by atoms with Gasteiger partial charge in [0.1, 0.15) is 5.60 Å². The molecule has 0 saturated heterocycles. The van der Waals surface area contributed by atoms with Gasteiger partial charge >= 0.3 is 0 Å². The van der Waals surface area contributed by atoms with Crippen molar-refractivity contribution in [2.24, 2.45) is 0 Å². The lowest BCUT2D eigenvalue weighted by Crippen LogP contribution is -2.37. The molecule has 0 bridgehead atoms. The number of nitrogens with one attached hydrogen (secondary N) is 1. The van der Waals surface area contributed by atoms with E-state index in [2.05, 4.69) is 60.2 Å². The van der Waals surface area contributed by atoms with Crippen LogP contribution in [-0.4, -0.2) is 17.2 Å². The van der Waals surface area contributed by atoms with Gasteiger partial charge in [-0.1, -0.05) is 52.3 Å². The van der Waals surface area contributed by atoms with Crippen molar-refractivity contribution < 1.29 is 5.11 Å². The van der Waals surface area contributed by atoms with Crippen LogP contribution in [0, 0.1) is 0 Å². The van der Waals surface area contributed by atoms with Crippen LogP contribution >= 0.6 is 32.9 Å². The molecule has 0 aromatic heterocycles. The van der Waals surface area contributed by atoms with Gasteiger partial charge in [0.15, 0.2) is 0 Å². The van der Waals surface area contributed by atoms with E-state index in [4.69, 9.17) is 0 Å². The number of hydrogen-bond donors (Lipinski definition) is 2. The molecule has 1 aliphatic rings. The molecule has 0 aliphatic heterocycles. The van der Waals surface area contributed by atoms with Crippen LogP contribution in [0.25, 0.3) is 11.1 Å². The Bertz CT molecular complexity index is 724. The Kier molecular flexibility index (Phi) is 5.96. The topological polar surface area (TPSA) is 32.3 Å². The second-order valence-corrected chi connectivity index (χ2v) is 8.20. The van der Waals surface area contributed by atoms with Crippen molar-refractivity contribution in [2.75, 3.05) is 6.54 Å². The molecule has 1 aliphatic carbocycles. The van der Waals surface area contributed by atoms with Gasteiger partial charge in [-0.15, -0.1) is 17.0 Å². The van der Waals surface area contributed by atoms with Crippen molar-refractivity contribution in [2.45, 2.75) is 44.8 Å². The molecule has 3 rings (SSSR count). The summed E-state index contributed by atoms with van der Waals surface area (Å²) in [6, 6.07) is 14.3. The number of benzene rings is 2. The maximum Gasteiger partial charge on any atom is 0.116 e. The van der Waals surface area contributed by atoms with Crippen LogP contribution < -0.4 is 5.32 Å². The van der Waals surface area contributed by atoms with E-state index in [1.54, 1.807) is 0 Å². The third-order valence-corrected chi connectivity index (χ3v) is 5.13. The van der Waals surface area contributed by atoms with Gasteiger partial charge in [-0.25, -0.2) is 0 Å². The van der Waals surface area contributed by atoms with E-state index in [0.29, 0.717) is 0 Å². The fraction of sp³-hybridized carbons (Fsp3) is 0.400. The minimum atomic E-state index is -0.894. The van der Waals surface area contributed by atoms with E-state index in [-0.39, 0.29) is 22.5 Å². The molecule has 0 radical (unpaired) electrons. The predicted molar refractivity (Wildman–Crippen MR) is 110 cm³/mol. The van der Waals surface area contributed by atoms with Gasteiger partial charge in [0.05, 0.1) is 0 Å². The molecule has 0 fully saturated rings. The molecule has 2 N–H and O–H groups in total. The largest absolute Gasteiger partial charge is 0.380 e. The van der Waals surface area contributed by atoms with E-state index < -0.39 is 5.60 Å². The first-order valence-corrected chi connectivity index (χ1v) is 8.98. The molecule has 1 unspecified atom stereocenters. The summed E-state index contributed by atoms with van der Waals surface area (Å²) in [4.78, 5) is 0. The molecule has 4 heteroatoms. The maximum absolute atomic E-state index is 11.5. The van der Waals surface area contributed by atoms with E-state index in [9.17, 15) is 5.11 Å². The second-order valence-electron chi connectivity index (χ2n) is 7.35. The molecule has 2 aromatic rings. The number of hydrogen-bond acceptors (Lipinski definition) is 2. The Morgan fingerprint density at radius 2 is 1.71 bits per heavy atom. The maximum atomic E-state index is 11.5. The van der Waals surface area contributed by atoms with Crippen molar-refractivity contribution in [1.82, 2.24) is 5.32 Å². The van der Waals surface area contributed by atoms with Crippen molar-refractivity contribution in [3.05, 3.63) is 58.1 Å².